The van der Waals surface area contributed by atoms with Gasteiger partial charge in [-0.2, -0.15) is 0 Å². The van der Waals surface area contributed by atoms with Gasteiger partial charge in [0.05, 0.1) is 5.56 Å². The van der Waals surface area contributed by atoms with E-state index in [1.807, 2.05) is 6.07 Å². The first-order valence-corrected chi connectivity index (χ1v) is 6.82. The SMILES string of the molecule is Cc1cc(C(F)F)c(O)c(C2(CN)CCCCC2)c1. The molecule has 3 N–H and O–H groups in total. The predicted molar refractivity (Wildman–Crippen MR) is 71.6 cm³/mol. The second-order valence-electron chi connectivity index (χ2n) is 5.60. The summed E-state index contributed by atoms with van der Waals surface area (Å²) in [7, 11) is 0. The van der Waals surface area contributed by atoms with E-state index in [0.717, 1.165) is 37.7 Å². The van der Waals surface area contributed by atoms with Crippen LogP contribution in [0.25, 0.3) is 0 Å². The molecule has 19 heavy (non-hydrogen) atoms. The molecule has 1 aromatic carbocycles. The third-order valence-corrected chi connectivity index (χ3v) is 4.29. The molecule has 0 amide bonds. The lowest BCUT2D eigenvalue weighted by molar-refractivity contribution is 0.146. The van der Waals surface area contributed by atoms with Gasteiger partial charge in [0.25, 0.3) is 6.43 Å². The molecule has 0 aromatic heterocycles. The van der Waals surface area contributed by atoms with E-state index < -0.39 is 6.43 Å². The van der Waals surface area contributed by atoms with Crippen molar-refractivity contribution in [1.29, 1.82) is 0 Å². The van der Waals surface area contributed by atoms with Gasteiger partial charge in [0, 0.05) is 17.5 Å². The molecule has 0 atom stereocenters. The van der Waals surface area contributed by atoms with Crippen LogP contribution in [-0.2, 0) is 5.41 Å². The van der Waals surface area contributed by atoms with Gasteiger partial charge in [-0.05, 0) is 25.8 Å². The fourth-order valence-electron chi connectivity index (χ4n) is 3.19. The lowest BCUT2D eigenvalue weighted by Crippen LogP contribution is -2.37. The van der Waals surface area contributed by atoms with Gasteiger partial charge in [0.15, 0.2) is 0 Å². The van der Waals surface area contributed by atoms with Gasteiger partial charge >= 0.3 is 0 Å². The van der Waals surface area contributed by atoms with Gasteiger partial charge in [-0.3, -0.25) is 0 Å². The molecule has 1 aliphatic rings. The Morgan fingerprint density at radius 2 is 1.89 bits per heavy atom. The third kappa shape index (κ3) is 2.59. The van der Waals surface area contributed by atoms with Gasteiger partial charge in [-0.1, -0.05) is 30.9 Å². The van der Waals surface area contributed by atoms with E-state index in [1.165, 1.54) is 6.07 Å². The number of phenols is 1. The molecule has 2 rings (SSSR count). The zero-order chi connectivity index (χ0) is 14.0. The summed E-state index contributed by atoms with van der Waals surface area (Å²) in [4.78, 5) is 0. The third-order valence-electron chi connectivity index (χ3n) is 4.29. The van der Waals surface area contributed by atoms with E-state index in [4.69, 9.17) is 5.73 Å². The summed E-state index contributed by atoms with van der Waals surface area (Å²) in [6.07, 6.45) is 2.29. The van der Waals surface area contributed by atoms with Crippen LogP contribution in [0.2, 0.25) is 0 Å². The van der Waals surface area contributed by atoms with Crippen LogP contribution in [0.15, 0.2) is 12.1 Å². The predicted octanol–water partition coefficient (Wildman–Crippen LogP) is 3.80. The minimum atomic E-state index is -2.66. The first kappa shape index (κ1) is 14.3. The molecule has 1 aromatic rings. The van der Waals surface area contributed by atoms with Gasteiger partial charge in [0.2, 0.25) is 0 Å². The van der Waals surface area contributed by atoms with E-state index in [0.29, 0.717) is 12.1 Å². The Bertz CT molecular complexity index is 454. The molecule has 2 nitrogen and oxygen atoms in total. The largest absolute Gasteiger partial charge is 0.507 e. The number of hydrogen-bond acceptors (Lipinski definition) is 2. The molecule has 0 aliphatic heterocycles. The highest BCUT2D eigenvalue weighted by Crippen LogP contribution is 2.45. The lowest BCUT2D eigenvalue weighted by Gasteiger charge is -2.37. The lowest BCUT2D eigenvalue weighted by atomic mass is 9.68. The Labute approximate surface area is 112 Å². The number of nitrogens with two attached hydrogens (primary N) is 1. The summed E-state index contributed by atoms with van der Waals surface area (Å²) >= 11 is 0. The van der Waals surface area contributed by atoms with Crippen LogP contribution < -0.4 is 5.73 Å². The van der Waals surface area contributed by atoms with Crippen molar-refractivity contribution in [2.75, 3.05) is 6.54 Å². The zero-order valence-electron chi connectivity index (χ0n) is 11.3. The molecule has 1 saturated carbocycles. The topological polar surface area (TPSA) is 46.2 Å². The van der Waals surface area contributed by atoms with Crippen molar-refractivity contribution in [3.8, 4) is 5.75 Å². The summed E-state index contributed by atoms with van der Waals surface area (Å²) in [5.41, 5.74) is 6.68. The van der Waals surface area contributed by atoms with E-state index in [1.54, 1.807) is 6.92 Å². The maximum atomic E-state index is 13.0. The number of alkyl halides is 2. The molecule has 0 radical (unpaired) electrons. The Morgan fingerprint density at radius 3 is 2.42 bits per heavy atom. The van der Waals surface area contributed by atoms with E-state index in [2.05, 4.69) is 0 Å². The van der Waals surface area contributed by atoms with Crippen LogP contribution in [0, 0.1) is 6.92 Å². The molecular weight excluding hydrogens is 248 g/mol. The Morgan fingerprint density at radius 1 is 1.26 bits per heavy atom. The maximum Gasteiger partial charge on any atom is 0.267 e. The smallest absolute Gasteiger partial charge is 0.267 e. The fraction of sp³-hybridized carbons (Fsp3) is 0.600. The Hall–Kier alpha value is -1.16. The zero-order valence-corrected chi connectivity index (χ0v) is 11.3. The number of aryl methyl sites for hydroxylation is 1. The molecule has 1 fully saturated rings. The normalized spacial score (nSPS) is 18.8. The molecule has 0 heterocycles. The Kier molecular flexibility index (Phi) is 4.09. The molecule has 0 spiro atoms. The van der Waals surface area contributed by atoms with Gasteiger partial charge in [0.1, 0.15) is 5.75 Å². The first-order valence-electron chi connectivity index (χ1n) is 6.82. The van der Waals surface area contributed by atoms with Crippen molar-refractivity contribution in [3.63, 3.8) is 0 Å². The van der Waals surface area contributed by atoms with Gasteiger partial charge in [-0.15, -0.1) is 0 Å². The second-order valence-corrected chi connectivity index (χ2v) is 5.60. The highest BCUT2D eigenvalue weighted by atomic mass is 19.3. The summed E-state index contributed by atoms with van der Waals surface area (Å²) < 4.78 is 26.0. The minimum absolute atomic E-state index is 0.257. The summed E-state index contributed by atoms with van der Waals surface area (Å²) in [6, 6.07) is 3.18. The summed E-state index contributed by atoms with van der Waals surface area (Å²) in [5, 5.41) is 10.2. The molecule has 0 bridgehead atoms. The minimum Gasteiger partial charge on any atom is -0.507 e. The molecule has 0 unspecified atom stereocenters. The second kappa shape index (κ2) is 5.45. The quantitative estimate of drug-likeness (QED) is 0.876. The highest BCUT2D eigenvalue weighted by Gasteiger charge is 2.36. The Balaban J connectivity index is 2.53. The van der Waals surface area contributed by atoms with Crippen molar-refractivity contribution in [2.24, 2.45) is 5.73 Å². The van der Waals surface area contributed by atoms with E-state index in [9.17, 15) is 13.9 Å². The van der Waals surface area contributed by atoms with Crippen molar-refractivity contribution in [2.45, 2.75) is 50.9 Å². The number of benzene rings is 1. The van der Waals surface area contributed by atoms with Gasteiger partial charge in [-0.25, -0.2) is 8.78 Å². The summed E-state index contributed by atoms with van der Waals surface area (Å²) in [5.74, 6) is -0.257. The summed E-state index contributed by atoms with van der Waals surface area (Å²) in [6.45, 7) is 2.18. The van der Waals surface area contributed by atoms with Crippen molar-refractivity contribution in [1.82, 2.24) is 0 Å². The molecule has 4 heteroatoms. The number of hydrogen-bond donors (Lipinski definition) is 2. The number of rotatable bonds is 3. The van der Waals surface area contributed by atoms with E-state index >= 15 is 0 Å². The highest BCUT2D eigenvalue weighted by molar-refractivity contribution is 5.48. The fourth-order valence-corrected chi connectivity index (χ4v) is 3.19. The van der Waals surface area contributed by atoms with Crippen LogP contribution in [-0.4, -0.2) is 11.7 Å². The van der Waals surface area contributed by atoms with Crippen LogP contribution >= 0.6 is 0 Å². The van der Waals surface area contributed by atoms with Crippen LogP contribution in [0.5, 0.6) is 5.75 Å². The molecule has 106 valence electrons. The van der Waals surface area contributed by atoms with Gasteiger partial charge < -0.3 is 10.8 Å². The molecule has 1 aliphatic carbocycles. The average molecular weight is 269 g/mol. The molecular formula is C15H21F2NO. The van der Waals surface area contributed by atoms with Crippen LogP contribution in [0.3, 0.4) is 0 Å². The van der Waals surface area contributed by atoms with E-state index in [-0.39, 0.29) is 16.7 Å². The first-order chi connectivity index (χ1) is 9.00. The average Bonchev–Trinajstić information content (AvgIpc) is 2.41. The number of halogens is 2. The van der Waals surface area contributed by atoms with Crippen molar-refractivity contribution < 1.29 is 13.9 Å². The monoisotopic (exact) mass is 269 g/mol. The number of phenolic OH excluding ortho intramolecular Hbond substituents is 1. The molecule has 0 saturated heterocycles. The van der Waals surface area contributed by atoms with Crippen LogP contribution in [0.1, 0.15) is 55.2 Å². The number of aromatic hydroxyl groups is 1. The standard InChI is InChI=1S/C15H21F2NO/c1-10-7-11(14(16)17)13(19)12(8-10)15(9-18)5-3-2-4-6-15/h7-8,14,19H,2-6,9,18H2,1H3. The van der Waals surface area contributed by atoms with Crippen molar-refractivity contribution >= 4 is 0 Å². The maximum absolute atomic E-state index is 13.0. The van der Waals surface area contributed by atoms with Crippen molar-refractivity contribution in [3.05, 3.63) is 28.8 Å². The van der Waals surface area contributed by atoms with Crippen LogP contribution in [0.4, 0.5) is 8.78 Å².